The Hall–Kier alpha value is 0.310. The Bertz CT molecular complexity index is 205. The summed E-state index contributed by atoms with van der Waals surface area (Å²) in [6.45, 7) is 2.33. The fourth-order valence-electron chi connectivity index (χ4n) is 3.46. The average molecular weight is 255 g/mol. The summed E-state index contributed by atoms with van der Waals surface area (Å²) in [5.41, 5.74) is 6.39. The second-order valence-electron chi connectivity index (χ2n) is 6.09. The van der Waals surface area contributed by atoms with Gasteiger partial charge in [-0.15, -0.1) is 0 Å². The zero-order valence-electron chi connectivity index (χ0n) is 11.4. The number of hydrogen-bond donors (Lipinski definition) is 1. The smallest absolute Gasteiger partial charge is 0.0159 e. The first-order chi connectivity index (χ1) is 8.29. The maximum absolute atomic E-state index is 6.39. The molecule has 0 amide bonds. The van der Waals surface area contributed by atoms with Gasteiger partial charge in [0.1, 0.15) is 0 Å². The Morgan fingerprint density at radius 2 is 1.71 bits per heavy atom. The van der Waals surface area contributed by atoms with E-state index >= 15 is 0 Å². The molecule has 0 bridgehead atoms. The van der Waals surface area contributed by atoms with Gasteiger partial charge >= 0.3 is 0 Å². The van der Waals surface area contributed by atoms with Gasteiger partial charge in [0.15, 0.2) is 0 Å². The lowest BCUT2D eigenvalue weighted by molar-refractivity contribution is 0.247. The molecule has 0 spiro atoms. The molecule has 1 nitrogen and oxygen atoms in total. The molecule has 0 aromatic carbocycles. The van der Waals surface area contributed by atoms with Crippen molar-refractivity contribution >= 4 is 11.8 Å². The molecular formula is C15H29NS. The fourth-order valence-corrected chi connectivity index (χ4v) is 4.90. The van der Waals surface area contributed by atoms with E-state index in [9.17, 15) is 0 Å². The van der Waals surface area contributed by atoms with Crippen LogP contribution in [-0.4, -0.2) is 17.0 Å². The highest BCUT2D eigenvalue weighted by Gasteiger charge is 2.25. The largest absolute Gasteiger partial charge is 0.327 e. The minimum Gasteiger partial charge on any atom is -0.327 e. The minimum absolute atomic E-state index is 0.471. The summed E-state index contributed by atoms with van der Waals surface area (Å²) in [5, 5.41) is 0.938. The number of hydrogen-bond acceptors (Lipinski definition) is 2. The van der Waals surface area contributed by atoms with Crippen LogP contribution in [-0.2, 0) is 0 Å². The molecule has 0 radical (unpaired) electrons. The molecule has 0 aromatic rings. The van der Waals surface area contributed by atoms with Crippen molar-refractivity contribution in [3.8, 4) is 0 Å². The highest BCUT2D eigenvalue weighted by molar-refractivity contribution is 7.99. The summed E-state index contributed by atoms with van der Waals surface area (Å²) in [4.78, 5) is 0. The molecule has 2 aliphatic rings. The van der Waals surface area contributed by atoms with Crippen molar-refractivity contribution in [1.82, 2.24) is 0 Å². The molecule has 17 heavy (non-hydrogen) atoms. The van der Waals surface area contributed by atoms with Gasteiger partial charge in [-0.2, -0.15) is 11.8 Å². The third kappa shape index (κ3) is 4.17. The Kier molecular flexibility index (Phi) is 5.68. The van der Waals surface area contributed by atoms with Crippen molar-refractivity contribution < 1.29 is 0 Å². The lowest BCUT2D eigenvalue weighted by Gasteiger charge is -2.32. The second-order valence-corrected chi connectivity index (χ2v) is 7.43. The molecule has 0 aromatic heterocycles. The van der Waals surface area contributed by atoms with Gasteiger partial charge in [-0.25, -0.2) is 0 Å². The Labute approximate surface area is 111 Å². The molecule has 2 saturated carbocycles. The van der Waals surface area contributed by atoms with Crippen LogP contribution in [0.1, 0.15) is 64.7 Å². The van der Waals surface area contributed by atoms with Gasteiger partial charge in [0, 0.05) is 17.0 Å². The zero-order valence-corrected chi connectivity index (χ0v) is 12.2. The molecule has 2 fully saturated rings. The normalized spacial score (nSPS) is 32.8. The van der Waals surface area contributed by atoms with Crippen molar-refractivity contribution in [3.05, 3.63) is 0 Å². The first-order valence-corrected chi connectivity index (χ1v) is 8.71. The van der Waals surface area contributed by atoms with E-state index in [1.54, 1.807) is 0 Å². The Morgan fingerprint density at radius 3 is 2.29 bits per heavy atom. The van der Waals surface area contributed by atoms with Crippen molar-refractivity contribution in [3.63, 3.8) is 0 Å². The average Bonchev–Trinajstić information content (AvgIpc) is 2.89. The van der Waals surface area contributed by atoms with Crippen LogP contribution in [0.2, 0.25) is 0 Å². The van der Waals surface area contributed by atoms with Crippen LogP contribution >= 0.6 is 11.8 Å². The summed E-state index contributed by atoms with van der Waals surface area (Å²) in [5.74, 6) is 3.04. The van der Waals surface area contributed by atoms with E-state index in [-0.39, 0.29) is 0 Å². The van der Waals surface area contributed by atoms with Gasteiger partial charge in [0.2, 0.25) is 0 Å². The van der Waals surface area contributed by atoms with Crippen LogP contribution in [0.5, 0.6) is 0 Å². The van der Waals surface area contributed by atoms with Crippen molar-refractivity contribution in [1.29, 1.82) is 0 Å². The first-order valence-electron chi connectivity index (χ1n) is 7.66. The molecule has 2 heteroatoms. The summed E-state index contributed by atoms with van der Waals surface area (Å²) in [7, 11) is 0. The van der Waals surface area contributed by atoms with Crippen molar-refractivity contribution in [2.45, 2.75) is 76.0 Å². The molecule has 0 saturated heterocycles. The quantitative estimate of drug-likeness (QED) is 0.796. The van der Waals surface area contributed by atoms with Crippen LogP contribution in [0.4, 0.5) is 0 Å². The molecular weight excluding hydrogens is 226 g/mol. The maximum Gasteiger partial charge on any atom is 0.0159 e. The Balaban J connectivity index is 1.64. The molecule has 0 heterocycles. The molecule has 2 aliphatic carbocycles. The van der Waals surface area contributed by atoms with Gasteiger partial charge in [-0.05, 0) is 37.5 Å². The van der Waals surface area contributed by atoms with Crippen LogP contribution in [0.3, 0.4) is 0 Å². The predicted molar refractivity (Wildman–Crippen MR) is 78.4 cm³/mol. The van der Waals surface area contributed by atoms with Gasteiger partial charge in [0.05, 0.1) is 0 Å². The van der Waals surface area contributed by atoms with Gasteiger partial charge in [-0.1, -0.05) is 39.0 Å². The molecule has 0 aliphatic heterocycles. The molecule has 2 rings (SSSR count). The minimum atomic E-state index is 0.471. The number of nitrogens with two attached hydrogens (primary N) is 1. The summed E-state index contributed by atoms with van der Waals surface area (Å²) < 4.78 is 0. The van der Waals surface area contributed by atoms with Crippen molar-refractivity contribution in [2.75, 3.05) is 5.75 Å². The van der Waals surface area contributed by atoms with Gasteiger partial charge < -0.3 is 5.73 Å². The van der Waals surface area contributed by atoms with E-state index in [2.05, 4.69) is 18.7 Å². The van der Waals surface area contributed by atoms with Crippen molar-refractivity contribution in [2.24, 2.45) is 17.6 Å². The SMILES string of the molecule is CCC1CCC(C(N)CSC2CCCC2)CC1. The maximum atomic E-state index is 6.39. The monoisotopic (exact) mass is 255 g/mol. The lowest BCUT2D eigenvalue weighted by atomic mass is 9.78. The van der Waals surface area contributed by atoms with Gasteiger partial charge in [0.25, 0.3) is 0 Å². The lowest BCUT2D eigenvalue weighted by Crippen LogP contribution is -2.35. The zero-order chi connectivity index (χ0) is 12.1. The summed E-state index contributed by atoms with van der Waals surface area (Å²) >= 11 is 2.17. The summed E-state index contributed by atoms with van der Waals surface area (Å²) in [6, 6.07) is 0.471. The van der Waals surface area contributed by atoms with Gasteiger partial charge in [-0.3, -0.25) is 0 Å². The summed E-state index contributed by atoms with van der Waals surface area (Å²) in [6.07, 6.45) is 12.8. The standard InChI is InChI=1S/C15H29NS/c1-2-12-7-9-13(10-8-12)15(16)11-17-14-5-3-4-6-14/h12-15H,2-11,16H2,1H3. The first kappa shape index (κ1) is 13.7. The number of rotatable bonds is 5. The highest BCUT2D eigenvalue weighted by atomic mass is 32.2. The Morgan fingerprint density at radius 1 is 1.06 bits per heavy atom. The van der Waals surface area contributed by atoms with Crippen LogP contribution in [0.25, 0.3) is 0 Å². The molecule has 1 unspecified atom stereocenters. The fraction of sp³-hybridized carbons (Fsp3) is 1.00. The molecule has 2 N–H and O–H groups in total. The van der Waals surface area contributed by atoms with E-state index in [1.165, 1.54) is 63.5 Å². The second kappa shape index (κ2) is 7.04. The third-order valence-electron chi connectivity index (χ3n) is 4.90. The third-order valence-corrected chi connectivity index (χ3v) is 6.42. The van der Waals surface area contributed by atoms with E-state index in [0.29, 0.717) is 6.04 Å². The number of thioether (sulfide) groups is 1. The van der Waals surface area contributed by atoms with Crippen LogP contribution in [0.15, 0.2) is 0 Å². The topological polar surface area (TPSA) is 26.0 Å². The highest BCUT2D eigenvalue weighted by Crippen LogP contribution is 2.35. The van der Waals surface area contributed by atoms with E-state index < -0.39 is 0 Å². The van der Waals surface area contributed by atoms with E-state index in [4.69, 9.17) is 5.73 Å². The van der Waals surface area contributed by atoms with Crippen LogP contribution < -0.4 is 5.73 Å². The predicted octanol–water partition coefficient (Wildman–Crippen LogP) is 4.21. The molecule has 100 valence electrons. The van der Waals surface area contributed by atoms with Crippen LogP contribution in [0, 0.1) is 11.8 Å². The van der Waals surface area contributed by atoms with E-state index in [0.717, 1.165) is 17.1 Å². The van der Waals surface area contributed by atoms with E-state index in [1.807, 2.05) is 0 Å². The molecule has 1 atom stereocenters.